The Hall–Kier alpha value is -3.47. The molecule has 0 bridgehead atoms. The van der Waals surface area contributed by atoms with Crippen LogP contribution in [0.3, 0.4) is 0 Å². The standard InChI is InChI=1S/C21H17N3O2/c1-14-4-3-5-17(12-14)19-13-18(23-21-22-10-11-24(19)21)15-6-8-16(9-7-15)20(25)26-2/h3-13H,1-2H3. The zero-order chi connectivity index (χ0) is 18.1. The maximum Gasteiger partial charge on any atom is 0.337 e. The van der Waals surface area contributed by atoms with E-state index in [1.54, 1.807) is 18.3 Å². The molecule has 0 atom stereocenters. The second-order valence-electron chi connectivity index (χ2n) is 6.06. The molecule has 2 aromatic carbocycles. The highest BCUT2D eigenvalue weighted by Gasteiger charge is 2.11. The van der Waals surface area contributed by atoms with Crippen LogP contribution in [0.4, 0.5) is 0 Å². The van der Waals surface area contributed by atoms with E-state index in [1.165, 1.54) is 12.7 Å². The molecule has 0 saturated heterocycles. The number of hydrogen-bond acceptors (Lipinski definition) is 4. The Kier molecular flexibility index (Phi) is 3.97. The highest BCUT2D eigenvalue weighted by Crippen LogP contribution is 2.27. The summed E-state index contributed by atoms with van der Waals surface area (Å²) in [5.41, 5.74) is 5.54. The van der Waals surface area contributed by atoms with Crippen molar-refractivity contribution in [3.05, 3.63) is 78.1 Å². The van der Waals surface area contributed by atoms with Gasteiger partial charge in [0.15, 0.2) is 0 Å². The number of ether oxygens (including phenoxy) is 1. The fraction of sp³-hybridized carbons (Fsp3) is 0.0952. The summed E-state index contributed by atoms with van der Waals surface area (Å²) in [6.45, 7) is 2.07. The molecule has 0 aliphatic carbocycles. The molecule has 0 fully saturated rings. The van der Waals surface area contributed by atoms with Crippen LogP contribution < -0.4 is 0 Å². The third-order valence-electron chi connectivity index (χ3n) is 4.29. The summed E-state index contributed by atoms with van der Waals surface area (Å²) in [6.07, 6.45) is 3.65. The van der Waals surface area contributed by atoms with E-state index in [0.717, 1.165) is 22.5 Å². The van der Waals surface area contributed by atoms with Crippen molar-refractivity contribution in [1.29, 1.82) is 0 Å². The predicted octanol–water partition coefficient (Wildman–Crippen LogP) is 4.16. The molecule has 4 aromatic rings. The zero-order valence-corrected chi connectivity index (χ0v) is 14.5. The Balaban J connectivity index is 1.85. The number of rotatable bonds is 3. The van der Waals surface area contributed by atoms with Gasteiger partial charge in [-0.05, 0) is 36.8 Å². The highest BCUT2D eigenvalue weighted by molar-refractivity contribution is 5.90. The van der Waals surface area contributed by atoms with Crippen LogP contribution in [-0.2, 0) is 4.74 Å². The summed E-state index contributed by atoms with van der Waals surface area (Å²) in [6, 6.07) is 17.6. The molecule has 5 nitrogen and oxygen atoms in total. The van der Waals surface area contributed by atoms with Gasteiger partial charge in [0.25, 0.3) is 0 Å². The molecule has 0 saturated carbocycles. The molecule has 5 heteroatoms. The van der Waals surface area contributed by atoms with Gasteiger partial charge in [0.05, 0.1) is 24.1 Å². The summed E-state index contributed by atoms with van der Waals surface area (Å²) >= 11 is 0. The minimum Gasteiger partial charge on any atom is -0.465 e. The minimum absolute atomic E-state index is 0.353. The second-order valence-corrected chi connectivity index (χ2v) is 6.06. The molecule has 0 spiro atoms. The SMILES string of the molecule is COC(=O)c1ccc(-c2cc(-c3cccc(C)c3)n3ccnc3n2)cc1. The molecule has 0 radical (unpaired) electrons. The number of hydrogen-bond donors (Lipinski definition) is 0. The van der Waals surface area contributed by atoms with Crippen LogP contribution >= 0.6 is 0 Å². The first kappa shape index (κ1) is 16.0. The summed E-state index contributed by atoms with van der Waals surface area (Å²) in [4.78, 5) is 20.6. The molecule has 2 aromatic heterocycles. The Morgan fingerprint density at radius 3 is 2.58 bits per heavy atom. The van der Waals surface area contributed by atoms with E-state index < -0.39 is 0 Å². The van der Waals surface area contributed by atoms with Crippen LogP contribution in [0.1, 0.15) is 15.9 Å². The van der Waals surface area contributed by atoms with Crippen LogP contribution in [-0.4, -0.2) is 27.4 Å². The van der Waals surface area contributed by atoms with Gasteiger partial charge in [-0.2, -0.15) is 0 Å². The van der Waals surface area contributed by atoms with Crippen LogP contribution in [0.5, 0.6) is 0 Å². The first-order chi connectivity index (χ1) is 12.7. The molecule has 0 unspecified atom stereocenters. The molecule has 0 amide bonds. The maximum atomic E-state index is 11.6. The summed E-state index contributed by atoms with van der Waals surface area (Å²) in [5.74, 6) is 0.282. The fourth-order valence-electron chi connectivity index (χ4n) is 2.97. The van der Waals surface area contributed by atoms with Gasteiger partial charge in [-0.1, -0.05) is 35.9 Å². The van der Waals surface area contributed by atoms with Crippen LogP contribution in [0.2, 0.25) is 0 Å². The quantitative estimate of drug-likeness (QED) is 0.524. The van der Waals surface area contributed by atoms with E-state index in [2.05, 4.69) is 35.1 Å². The Morgan fingerprint density at radius 2 is 1.85 bits per heavy atom. The molecular formula is C21H17N3O2. The molecule has 26 heavy (non-hydrogen) atoms. The van der Waals surface area contributed by atoms with Crippen molar-refractivity contribution < 1.29 is 9.53 Å². The van der Waals surface area contributed by atoms with Crippen molar-refractivity contribution in [2.24, 2.45) is 0 Å². The highest BCUT2D eigenvalue weighted by atomic mass is 16.5. The number of methoxy groups -OCH3 is 1. The summed E-state index contributed by atoms with van der Waals surface area (Å²) in [7, 11) is 1.37. The molecule has 0 N–H and O–H groups in total. The van der Waals surface area contributed by atoms with E-state index >= 15 is 0 Å². The lowest BCUT2D eigenvalue weighted by atomic mass is 10.0. The van der Waals surface area contributed by atoms with Crippen LogP contribution in [0.25, 0.3) is 28.3 Å². The third kappa shape index (κ3) is 2.84. The second kappa shape index (κ2) is 6.44. The van der Waals surface area contributed by atoms with Crippen molar-refractivity contribution >= 4 is 11.7 Å². The number of carbonyl (C=O) groups excluding carboxylic acids is 1. The average molecular weight is 343 g/mol. The largest absolute Gasteiger partial charge is 0.465 e. The Bertz CT molecular complexity index is 1100. The van der Waals surface area contributed by atoms with Crippen LogP contribution in [0.15, 0.2) is 67.0 Å². The lowest BCUT2D eigenvalue weighted by Crippen LogP contribution is -2.01. The van der Waals surface area contributed by atoms with Gasteiger partial charge in [0, 0.05) is 18.0 Å². The van der Waals surface area contributed by atoms with Gasteiger partial charge in [0.1, 0.15) is 0 Å². The number of aryl methyl sites for hydroxylation is 1. The lowest BCUT2D eigenvalue weighted by Gasteiger charge is -2.10. The first-order valence-corrected chi connectivity index (χ1v) is 8.25. The van der Waals surface area contributed by atoms with Crippen molar-refractivity contribution in [2.45, 2.75) is 6.92 Å². The number of nitrogens with zero attached hydrogens (tertiary/aromatic N) is 3. The zero-order valence-electron chi connectivity index (χ0n) is 14.5. The van der Waals surface area contributed by atoms with Crippen molar-refractivity contribution in [3.8, 4) is 22.5 Å². The molecule has 128 valence electrons. The summed E-state index contributed by atoms with van der Waals surface area (Å²) < 4.78 is 6.72. The number of esters is 1. The number of imidazole rings is 1. The van der Waals surface area contributed by atoms with E-state index in [0.29, 0.717) is 11.3 Å². The Morgan fingerprint density at radius 1 is 1.04 bits per heavy atom. The van der Waals surface area contributed by atoms with Gasteiger partial charge >= 0.3 is 5.97 Å². The van der Waals surface area contributed by atoms with E-state index in [1.807, 2.05) is 34.9 Å². The number of carbonyl (C=O) groups is 1. The molecule has 2 heterocycles. The van der Waals surface area contributed by atoms with Gasteiger partial charge < -0.3 is 4.74 Å². The van der Waals surface area contributed by atoms with Crippen molar-refractivity contribution in [2.75, 3.05) is 7.11 Å². The summed E-state index contributed by atoms with van der Waals surface area (Å²) in [5, 5.41) is 0. The van der Waals surface area contributed by atoms with E-state index in [-0.39, 0.29) is 5.97 Å². The first-order valence-electron chi connectivity index (χ1n) is 8.25. The third-order valence-corrected chi connectivity index (χ3v) is 4.29. The predicted molar refractivity (Wildman–Crippen MR) is 99.9 cm³/mol. The minimum atomic E-state index is -0.353. The van der Waals surface area contributed by atoms with Gasteiger partial charge in [-0.15, -0.1) is 0 Å². The fourth-order valence-corrected chi connectivity index (χ4v) is 2.97. The van der Waals surface area contributed by atoms with Gasteiger partial charge in [-0.25, -0.2) is 14.8 Å². The lowest BCUT2D eigenvalue weighted by molar-refractivity contribution is 0.0601. The average Bonchev–Trinajstić information content (AvgIpc) is 3.15. The topological polar surface area (TPSA) is 56.5 Å². The normalized spacial score (nSPS) is 10.8. The number of fused-ring (bicyclic) bond motifs is 1. The van der Waals surface area contributed by atoms with Gasteiger partial charge in [-0.3, -0.25) is 4.40 Å². The smallest absolute Gasteiger partial charge is 0.337 e. The number of aromatic nitrogens is 3. The molecule has 4 rings (SSSR count). The molecule has 0 aliphatic heterocycles. The van der Waals surface area contributed by atoms with Crippen molar-refractivity contribution in [3.63, 3.8) is 0 Å². The van der Waals surface area contributed by atoms with E-state index in [4.69, 9.17) is 4.74 Å². The monoisotopic (exact) mass is 343 g/mol. The van der Waals surface area contributed by atoms with E-state index in [9.17, 15) is 4.79 Å². The molecular weight excluding hydrogens is 326 g/mol. The van der Waals surface area contributed by atoms with Crippen molar-refractivity contribution in [1.82, 2.24) is 14.4 Å². The van der Waals surface area contributed by atoms with Gasteiger partial charge in [0.2, 0.25) is 5.78 Å². The Labute approximate surface area is 150 Å². The molecule has 0 aliphatic rings. The maximum absolute atomic E-state index is 11.6. The number of benzene rings is 2. The van der Waals surface area contributed by atoms with Crippen LogP contribution in [0, 0.1) is 6.92 Å².